The molecule has 0 spiro atoms. The predicted molar refractivity (Wildman–Crippen MR) is 142 cm³/mol. The number of halogens is 2. The van der Waals surface area contributed by atoms with Gasteiger partial charge in [0, 0.05) is 57.3 Å². The molecule has 3 aromatic rings. The van der Waals surface area contributed by atoms with Gasteiger partial charge in [-0.25, -0.2) is 9.97 Å². The summed E-state index contributed by atoms with van der Waals surface area (Å²) in [6.07, 6.45) is 4.10. The van der Waals surface area contributed by atoms with Crippen LogP contribution in [0.3, 0.4) is 0 Å². The number of nitrogens with zero attached hydrogens (tertiary/aromatic N) is 5. The number of hydrogen-bond acceptors (Lipinski definition) is 8. The number of aliphatic hydroxyl groups excluding tert-OH is 1. The number of carbonyl (C=O) groups excluding carboxylic acids is 1. The molecular formula is C26H28Cl2N6O2. The van der Waals surface area contributed by atoms with Crippen LogP contribution in [-0.4, -0.2) is 70.1 Å². The Morgan fingerprint density at radius 3 is 2.47 bits per heavy atom. The fourth-order valence-corrected chi connectivity index (χ4v) is 4.99. The van der Waals surface area contributed by atoms with Crippen LogP contribution in [-0.2, 0) is 6.42 Å². The lowest BCUT2D eigenvalue weighted by molar-refractivity contribution is 0.0993. The summed E-state index contributed by atoms with van der Waals surface area (Å²) in [4.78, 5) is 31.4. The van der Waals surface area contributed by atoms with Crippen molar-refractivity contribution in [3.63, 3.8) is 0 Å². The Labute approximate surface area is 220 Å². The second-order valence-electron chi connectivity index (χ2n) is 9.18. The smallest absolute Gasteiger partial charge is 0.227 e. The molecule has 0 radical (unpaired) electrons. The molecule has 0 atom stereocenters. The molecular weight excluding hydrogens is 499 g/mol. The van der Waals surface area contributed by atoms with Crippen LogP contribution in [0.15, 0.2) is 42.6 Å². The molecule has 3 heterocycles. The minimum Gasteiger partial charge on any atom is -0.395 e. The van der Waals surface area contributed by atoms with E-state index in [0.29, 0.717) is 45.7 Å². The third-order valence-electron chi connectivity index (χ3n) is 6.49. The van der Waals surface area contributed by atoms with Gasteiger partial charge in [-0.3, -0.25) is 9.69 Å². The Hall–Kier alpha value is -2.78. The summed E-state index contributed by atoms with van der Waals surface area (Å²) < 4.78 is 0. The first-order valence-electron chi connectivity index (χ1n) is 12.2. The monoisotopic (exact) mass is 526 g/mol. The molecule has 1 aliphatic carbocycles. The molecule has 1 aliphatic heterocycles. The highest BCUT2D eigenvalue weighted by Crippen LogP contribution is 2.40. The number of rotatable bonds is 9. The largest absolute Gasteiger partial charge is 0.395 e. The third kappa shape index (κ3) is 5.95. The lowest BCUT2D eigenvalue weighted by Gasteiger charge is -2.34. The summed E-state index contributed by atoms with van der Waals surface area (Å²) in [5.41, 5.74) is 2.17. The van der Waals surface area contributed by atoms with Gasteiger partial charge in [0.25, 0.3) is 0 Å². The molecule has 2 fully saturated rings. The van der Waals surface area contributed by atoms with Gasteiger partial charge in [-0.05, 0) is 42.7 Å². The molecule has 2 aromatic heterocycles. The Morgan fingerprint density at radius 1 is 1.03 bits per heavy atom. The molecule has 2 aliphatic rings. The van der Waals surface area contributed by atoms with Crippen molar-refractivity contribution in [3.05, 3.63) is 69.5 Å². The summed E-state index contributed by atoms with van der Waals surface area (Å²) in [5.74, 6) is 2.32. The molecule has 1 aromatic carbocycles. The number of aromatic nitrogens is 3. The maximum Gasteiger partial charge on any atom is 0.227 e. The molecule has 0 unspecified atom stereocenters. The zero-order chi connectivity index (χ0) is 25.1. The first kappa shape index (κ1) is 24.9. The summed E-state index contributed by atoms with van der Waals surface area (Å²) in [7, 11) is 0. The Bertz CT molecular complexity index is 1220. The molecule has 10 heteroatoms. The van der Waals surface area contributed by atoms with Gasteiger partial charge in [0.1, 0.15) is 11.6 Å². The number of Topliss-reactive ketones (excluding diaryl/α,β-unsaturated/α-hetero) is 1. The second kappa shape index (κ2) is 11.1. The van der Waals surface area contributed by atoms with Gasteiger partial charge in [-0.15, -0.1) is 0 Å². The number of pyridine rings is 1. The van der Waals surface area contributed by atoms with E-state index in [4.69, 9.17) is 33.2 Å². The van der Waals surface area contributed by atoms with Crippen molar-refractivity contribution in [1.82, 2.24) is 19.9 Å². The van der Waals surface area contributed by atoms with Crippen molar-refractivity contribution in [2.24, 2.45) is 0 Å². The number of anilines is 3. The highest BCUT2D eigenvalue weighted by Gasteiger charge is 2.28. The Balaban J connectivity index is 1.32. The van der Waals surface area contributed by atoms with Gasteiger partial charge in [0.2, 0.25) is 5.95 Å². The topological polar surface area (TPSA) is 94.5 Å². The average molecular weight is 527 g/mol. The molecule has 2 N–H and O–H groups in total. The standard InChI is InChI=1S/C26H28Cl2N6O2/c27-19-2-1-3-20(28)25(19)22(36)14-17-6-7-29-23(15-17)31-24-16-21(18-4-5-18)30-26(32-24)34-10-8-33(9-11-34)12-13-35/h1-3,6-7,15-16,18,35H,4-5,8-14H2,(H,29,30,31,32). The molecule has 5 rings (SSSR count). The maximum atomic E-state index is 12.9. The minimum atomic E-state index is -0.150. The van der Waals surface area contributed by atoms with E-state index >= 15 is 0 Å². The number of carbonyl (C=O) groups is 1. The predicted octanol–water partition coefficient (Wildman–Crippen LogP) is 4.34. The number of benzene rings is 1. The highest BCUT2D eigenvalue weighted by atomic mass is 35.5. The van der Waals surface area contributed by atoms with E-state index in [1.54, 1.807) is 30.5 Å². The van der Waals surface area contributed by atoms with Gasteiger partial charge in [-0.2, -0.15) is 4.98 Å². The van der Waals surface area contributed by atoms with Crippen LogP contribution >= 0.6 is 23.2 Å². The van der Waals surface area contributed by atoms with Crippen LogP contribution in [0.2, 0.25) is 10.0 Å². The van der Waals surface area contributed by atoms with Crippen LogP contribution in [0.4, 0.5) is 17.6 Å². The van der Waals surface area contributed by atoms with E-state index in [2.05, 4.69) is 20.1 Å². The highest BCUT2D eigenvalue weighted by molar-refractivity contribution is 6.39. The molecule has 1 saturated carbocycles. The molecule has 0 bridgehead atoms. The molecule has 188 valence electrons. The van der Waals surface area contributed by atoms with Crippen molar-refractivity contribution in [2.75, 3.05) is 49.5 Å². The fraction of sp³-hybridized carbons (Fsp3) is 0.385. The van der Waals surface area contributed by atoms with Gasteiger partial charge < -0.3 is 15.3 Å². The van der Waals surface area contributed by atoms with E-state index in [9.17, 15) is 9.90 Å². The molecule has 1 saturated heterocycles. The number of β-amino-alcohol motifs (C(OH)–C–C–N with tert-alkyl or cyclic N) is 1. The van der Waals surface area contributed by atoms with E-state index in [-0.39, 0.29) is 18.8 Å². The zero-order valence-corrected chi connectivity index (χ0v) is 21.3. The summed E-state index contributed by atoms with van der Waals surface area (Å²) in [6, 6.07) is 10.7. The van der Waals surface area contributed by atoms with Crippen LogP contribution < -0.4 is 10.2 Å². The number of aliphatic hydroxyl groups is 1. The molecule has 8 nitrogen and oxygen atoms in total. The lowest BCUT2D eigenvalue weighted by atomic mass is 10.0. The fourth-order valence-electron chi connectivity index (χ4n) is 4.38. The van der Waals surface area contributed by atoms with Crippen LogP contribution in [0, 0.1) is 0 Å². The van der Waals surface area contributed by atoms with Gasteiger partial charge in [0.05, 0.1) is 27.9 Å². The van der Waals surface area contributed by atoms with E-state index in [1.165, 1.54) is 0 Å². The summed E-state index contributed by atoms with van der Waals surface area (Å²) >= 11 is 12.4. The Kier molecular flexibility index (Phi) is 7.67. The number of hydrogen-bond donors (Lipinski definition) is 2. The number of piperazine rings is 1. The van der Waals surface area contributed by atoms with Gasteiger partial charge >= 0.3 is 0 Å². The van der Waals surface area contributed by atoms with E-state index < -0.39 is 0 Å². The quantitative estimate of drug-likeness (QED) is 0.397. The van der Waals surface area contributed by atoms with Crippen LogP contribution in [0.5, 0.6) is 0 Å². The van der Waals surface area contributed by atoms with Gasteiger partial charge in [-0.1, -0.05) is 29.3 Å². The van der Waals surface area contributed by atoms with E-state index in [0.717, 1.165) is 50.3 Å². The summed E-state index contributed by atoms with van der Waals surface area (Å²) in [6.45, 7) is 4.23. The first-order chi connectivity index (χ1) is 17.5. The minimum absolute atomic E-state index is 0.150. The lowest BCUT2D eigenvalue weighted by Crippen LogP contribution is -2.47. The molecule has 36 heavy (non-hydrogen) atoms. The van der Waals surface area contributed by atoms with Crippen LogP contribution in [0.1, 0.15) is 40.4 Å². The number of ketones is 1. The SMILES string of the molecule is O=C(Cc1ccnc(Nc2cc(C3CC3)nc(N3CCN(CCO)CC3)n2)c1)c1c(Cl)cccc1Cl. The number of nitrogens with one attached hydrogen (secondary N) is 1. The van der Waals surface area contributed by atoms with Crippen molar-refractivity contribution >= 4 is 46.6 Å². The van der Waals surface area contributed by atoms with Crippen molar-refractivity contribution in [2.45, 2.75) is 25.2 Å². The normalized spacial score (nSPS) is 16.2. The van der Waals surface area contributed by atoms with Gasteiger partial charge in [0.15, 0.2) is 5.78 Å². The molecule has 0 amide bonds. The average Bonchev–Trinajstić information content (AvgIpc) is 3.70. The summed E-state index contributed by atoms with van der Waals surface area (Å²) in [5, 5.41) is 13.2. The maximum absolute atomic E-state index is 12.9. The first-order valence-corrected chi connectivity index (χ1v) is 12.9. The van der Waals surface area contributed by atoms with Crippen molar-refractivity contribution in [3.8, 4) is 0 Å². The Morgan fingerprint density at radius 2 is 1.78 bits per heavy atom. The van der Waals surface area contributed by atoms with Crippen molar-refractivity contribution < 1.29 is 9.90 Å². The third-order valence-corrected chi connectivity index (χ3v) is 7.12. The van der Waals surface area contributed by atoms with Crippen molar-refractivity contribution in [1.29, 1.82) is 0 Å². The zero-order valence-electron chi connectivity index (χ0n) is 19.8. The second-order valence-corrected chi connectivity index (χ2v) is 9.99. The van der Waals surface area contributed by atoms with E-state index in [1.807, 2.05) is 12.1 Å². The van der Waals surface area contributed by atoms with Crippen LogP contribution in [0.25, 0.3) is 0 Å².